The van der Waals surface area contributed by atoms with Crippen LogP contribution in [0.2, 0.25) is 0 Å². The van der Waals surface area contributed by atoms with E-state index < -0.39 is 11.6 Å². The van der Waals surface area contributed by atoms with Gasteiger partial charge < -0.3 is 4.74 Å². The van der Waals surface area contributed by atoms with Gasteiger partial charge in [-0.25, -0.2) is 8.78 Å². The average Bonchev–Trinajstić information content (AvgIpc) is 2.96. The fourth-order valence-corrected chi connectivity index (χ4v) is 2.19. The molecule has 0 radical (unpaired) electrons. The summed E-state index contributed by atoms with van der Waals surface area (Å²) in [6.45, 7) is 3.90. The van der Waals surface area contributed by atoms with E-state index in [0.29, 0.717) is 6.42 Å². The van der Waals surface area contributed by atoms with Gasteiger partial charge in [0.05, 0.1) is 12.2 Å². The molecule has 3 heteroatoms. The lowest BCUT2D eigenvalue weighted by Crippen LogP contribution is -2.05. The summed E-state index contributed by atoms with van der Waals surface area (Å²) < 4.78 is 32.3. The Kier molecular flexibility index (Phi) is 3.24. The van der Waals surface area contributed by atoms with Gasteiger partial charge in [-0.2, -0.15) is 0 Å². The fraction of sp³-hybridized carbons (Fsp3) is 0.538. The highest BCUT2D eigenvalue weighted by Crippen LogP contribution is 2.35. The molecule has 0 aliphatic carbocycles. The van der Waals surface area contributed by atoms with Gasteiger partial charge in [-0.15, -0.1) is 0 Å². The van der Waals surface area contributed by atoms with Crippen LogP contribution in [0, 0.1) is 11.6 Å². The summed E-state index contributed by atoms with van der Waals surface area (Å²) in [5, 5.41) is 0. The van der Waals surface area contributed by atoms with Gasteiger partial charge >= 0.3 is 0 Å². The van der Waals surface area contributed by atoms with Gasteiger partial charge in [0, 0.05) is 5.56 Å². The van der Waals surface area contributed by atoms with Crippen LogP contribution >= 0.6 is 0 Å². The Morgan fingerprint density at radius 1 is 1.25 bits per heavy atom. The van der Waals surface area contributed by atoms with Crippen molar-refractivity contribution in [3.8, 4) is 0 Å². The molecule has 0 spiro atoms. The van der Waals surface area contributed by atoms with Gasteiger partial charge in [-0.3, -0.25) is 0 Å². The topological polar surface area (TPSA) is 12.5 Å². The first-order valence-electron chi connectivity index (χ1n) is 5.72. The van der Waals surface area contributed by atoms with E-state index >= 15 is 0 Å². The molecule has 3 unspecified atom stereocenters. The molecular weight excluding hydrogens is 210 g/mol. The summed E-state index contributed by atoms with van der Waals surface area (Å²) in [4.78, 5) is 0. The minimum atomic E-state index is -0.457. The smallest absolute Gasteiger partial charge is 0.129 e. The van der Waals surface area contributed by atoms with Gasteiger partial charge in [0.15, 0.2) is 0 Å². The zero-order valence-corrected chi connectivity index (χ0v) is 9.54. The van der Waals surface area contributed by atoms with Gasteiger partial charge in [0.1, 0.15) is 11.6 Å². The minimum Gasteiger partial charge on any atom is -0.370 e. The first kappa shape index (κ1) is 11.5. The van der Waals surface area contributed by atoms with Crippen molar-refractivity contribution in [2.24, 2.45) is 0 Å². The van der Waals surface area contributed by atoms with Crippen LogP contribution in [0.4, 0.5) is 8.78 Å². The summed E-state index contributed by atoms with van der Waals surface area (Å²) in [6.07, 6.45) is 2.13. The zero-order valence-electron chi connectivity index (χ0n) is 9.54. The van der Waals surface area contributed by atoms with E-state index in [1.807, 2.05) is 6.92 Å². The summed E-state index contributed by atoms with van der Waals surface area (Å²) >= 11 is 0. The lowest BCUT2D eigenvalue weighted by Gasteiger charge is -2.12. The number of halogens is 2. The van der Waals surface area contributed by atoms with Crippen LogP contribution in [0.5, 0.6) is 0 Å². The minimum absolute atomic E-state index is 0.136. The number of hydrogen-bond acceptors (Lipinski definition) is 1. The molecule has 1 fully saturated rings. The molecule has 1 aromatic rings. The average molecular weight is 226 g/mol. The van der Waals surface area contributed by atoms with E-state index in [4.69, 9.17) is 4.74 Å². The van der Waals surface area contributed by atoms with Gasteiger partial charge in [-0.1, -0.05) is 19.9 Å². The highest BCUT2D eigenvalue weighted by molar-refractivity contribution is 5.23. The molecule has 1 nitrogen and oxygen atoms in total. The standard InChI is InChI=1S/C13H16F2O/c1-3-11-12(16-11)7-8(2)13-9(14)5-4-6-10(13)15/h4-6,8,11-12H,3,7H2,1-2H3. The fourth-order valence-electron chi connectivity index (χ4n) is 2.19. The Balaban J connectivity index is 2.06. The molecule has 1 saturated heterocycles. The van der Waals surface area contributed by atoms with Crippen LogP contribution in [-0.4, -0.2) is 12.2 Å². The first-order chi connectivity index (χ1) is 7.63. The molecule has 3 atom stereocenters. The molecule has 0 N–H and O–H groups in total. The van der Waals surface area contributed by atoms with Crippen molar-refractivity contribution >= 4 is 0 Å². The second-order valence-corrected chi connectivity index (χ2v) is 4.39. The summed E-state index contributed by atoms with van der Waals surface area (Å²) in [5.41, 5.74) is 0.188. The third-order valence-electron chi connectivity index (χ3n) is 3.17. The van der Waals surface area contributed by atoms with E-state index in [1.165, 1.54) is 18.2 Å². The predicted molar refractivity (Wildman–Crippen MR) is 58.3 cm³/mol. The second kappa shape index (κ2) is 4.50. The molecular formula is C13H16F2O. The second-order valence-electron chi connectivity index (χ2n) is 4.39. The van der Waals surface area contributed by atoms with Gasteiger partial charge in [0.2, 0.25) is 0 Å². The van der Waals surface area contributed by atoms with E-state index in [1.54, 1.807) is 0 Å². The highest BCUT2D eigenvalue weighted by Gasteiger charge is 2.38. The Bertz CT molecular complexity index is 358. The van der Waals surface area contributed by atoms with Crippen molar-refractivity contribution in [2.75, 3.05) is 0 Å². The summed E-state index contributed by atoms with van der Waals surface area (Å²) in [7, 11) is 0. The molecule has 2 rings (SSSR count). The number of hydrogen-bond donors (Lipinski definition) is 0. The molecule has 0 bridgehead atoms. The van der Waals surface area contributed by atoms with Crippen molar-refractivity contribution in [3.05, 3.63) is 35.4 Å². The molecule has 0 amide bonds. The third-order valence-corrected chi connectivity index (χ3v) is 3.17. The van der Waals surface area contributed by atoms with Crippen LogP contribution in [0.25, 0.3) is 0 Å². The molecule has 16 heavy (non-hydrogen) atoms. The van der Waals surface area contributed by atoms with Crippen LogP contribution in [0.15, 0.2) is 18.2 Å². The zero-order chi connectivity index (χ0) is 11.7. The van der Waals surface area contributed by atoms with Crippen molar-refractivity contribution < 1.29 is 13.5 Å². The number of benzene rings is 1. The van der Waals surface area contributed by atoms with Gasteiger partial charge in [-0.05, 0) is 30.9 Å². The van der Waals surface area contributed by atoms with E-state index in [0.717, 1.165) is 6.42 Å². The maximum absolute atomic E-state index is 13.5. The van der Waals surface area contributed by atoms with Crippen molar-refractivity contribution in [1.29, 1.82) is 0 Å². The Hall–Kier alpha value is -0.960. The maximum atomic E-state index is 13.5. The van der Waals surface area contributed by atoms with E-state index in [9.17, 15) is 8.78 Å². The van der Waals surface area contributed by atoms with Crippen LogP contribution < -0.4 is 0 Å². The molecule has 1 aromatic carbocycles. The van der Waals surface area contributed by atoms with Crippen molar-refractivity contribution in [2.45, 2.75) is 44.8 Å². The SMILES string of the molecule is CCC1OC1CC(C)c1c(F)cccc1F. The molecule has 0 aromatic heterocycles. The molecule has 1 aliphatic rings. The quantitative estimate of drug-likeness (QED) is 0.714. The Labute approximate surface area is 94.4 Å². The van der Waals surface area contributed by atoms with Gasteiger partial charge in [0.25, 0.3) is 0 Å². The molecule has 1 heterocycles. The molecule has 0 saturated carbocycles. The molecule has 88 valence electrons. The largest absolute Gasteiger partial charge is 0.370 e. The van der Waals surface area contributed by atoms with Crippen LogP contribution in [-0.2, 0) is 4.74 Å². The van der Waals surface area contributed by atoms with E-state index in [-0.39, 0.29) is 23.7 Å². The Morgan fingerprint density at radius 2 is 1.88 bits per heavy atom. The summed E-state index contributed by atoms with van der Waals surface area (Å²) in [6, 6.07) is 4.00. The Morgan fingerprint density at radius 3 is 2.38 bits per heavy atom. The summed E-state index contributed by atoms with van der Waals surface area (Å²) in [5.74, 6) is -1.05. The third kappa shape index (κ3) is 2.24. The normalized spacial score (nSPS) is 25.5. The number of ether oxygens (including phenoxy) is 1. The van der Waals surface area contributed by atoms with E-state index in [2.05, 4.69) is 6.92 Å². The maximum Gasteiger partial charge on any atom is 0.129 e. The van der Waals surface area contributed by atoms with Crippen LogP contribution in [0.1, 0.15) is 38.2 Å². The monoisotopic (exact) mass is 226 g/mol. The lowest BCUT2D eigenvalue weighted by atomic mass is 9.94. The predicted octanol–water partition coefficient (Wildman–Crippen LogP) is 3.64. The number of epoxide rings is 1. The lowest BCUT2D eigenvalue weighted by molar-refractivity contribution is 0.350. The van der Waals surface area contributed by atoms with Crippen molar-refractivity contribution in [1.82, 2.24) is 0 Å². The van der Waals surface area contributed by atoms with Crippen LogP contribution in [0.3, 0.4) is 0 Å². The van der Waals surface area contributed by atoms with Crippen molar-refractivity contribution in [3.63, 3.8) is 0 Å². The highest BCUT2D eigenvalue weighted by atomic mass is 19.1. The first-order valence-corrected chi connectivity index (χ1v) is 5.72. The molecule has 1 aliphatic heterocycles. The number of rotatable bonds is 4.